The van der Waals surface area contributed by atoms with Gasteiger partial charge in [-0.15, -0.1) is 0 Å². The van der Waals surface area contributed by atoms with Crippen molar-refractivity contribution in [3.63, 3.8) is 0 Å². The Morgan fingerprint density at radius 2 is 2.00 bits per heavy atom. The van der Waals surface area contributed by atoms with E-state index in [2.05, 4.69) is 27.1 Å². The van der Waals surface area contributed by atoms with Gasteiger partial charge in [0.05, 0.1) is 29.1 Å². The summed E-state index contributed by atoms with van der Waals surface area (Å²) in [4.78, 5) is 11.2. The Balaban J connectivity index is 1.35. The van der Waals surface area contributed by atoms with Crippen molar-refractivity contribution in [2.75, 3.05) is 24.6 Å². The number of nitriles is 1. The Hall–Kier alpha value is -4.00. The van der Waals surface area contributed by atoms with Crippen LogP contribution in [0.2, 0.25) is 0 Å². The van der Waals surface area contributed by atoms with Crippen LogP contribution in [-0.4, -0.2) is 55.5 Å². The first kappa shape index (κ1) is 24.7. The maximum atomic E-state index is 10.1. The van der Waals surface area contributed by atoms with E-state index in [0.717, 1.165) is 54.9 Å². The highest BCUT2D eigenvalue weighted by Crippen LogP contribution is 2.32. The van der Waals surface area contributed by atoms with E-state index in [1.165, 1.54) is 0 Å². The van der Waals surface area contributed by atoms with E-state index in [1.54, 1.807) is 37.0 Å². The summed E-state index contributed by atoms with van der Waals surface area (Å²) in [7, 11) is 0. The number of piperidine rings is 1. The molecule has 3 N–H and O–H groups in total. The van der Waals surface area contributed by atoms with Gasteiger partial charge in [-0.2, -0.15) is 10.4 Å². The van der Waals surface area contributed by atoms with Gasteiger partial charge in [-0.05, 0) is 62.9 Å². The first-order valence-electron chi connectivity index (χ1n) is 12.4. The Kier molecular flexibility index (Phi) is 6.54. The van der Waals surface area contributed by atoms with E-state index in [1.807, 2.05) is 36.7 Å². The molecule has 0 atom stereocenters. The molecule has 9 nitrogen and oxygen atoms in total. The third-order valence-electron chi connectivity index (χ3n) is 6.72. The zero-order valence-electron chi connectivity index (χ0n) is 21.1. The van der Waals surface area contributed by atoms with E-state index < -0.39 is 5.60 Å². The van der Waals surface area contributed by atoms with E-state index in [0.29, 0.717) is 16.8 Å². The van der Waals surface area contributed by atoms with Crippen LogP contribution in [0.4, 0.5) is 5.82 Å². The highest BCUT2D eigenvalue weighted by molar-refractivity contribution is 5.85. The van der Waals surface area contributed by atoms with Gasteiger partial charge in [-0.3, -0.25) is 4.98 Å². The highest BCUT2D eigenvalue weighted by Gasteiger charge is 2.31. The SMILES string of the molecule is CC(C)(O)COc1cc(-c2ccc(N3CCC(N)(Cc4cccnc4)CC3)nc2)c2c(C#N)cnn2c1. The fourth-order valence-electron chi connectivity index (χ4n) is 4.74. The average Bonchev–Trinajstić information content (AvgIpc) is 3.31. The number of aliphatic hydroxyl groups is 1. The van der Waals surface area contributed by atoms with Crippen LogP contribution >= 0.6 is 0 Å². The molecule has 0 unspecified atom stereocenters. The van der Waals surface area contributed by atoms with Crippen molar-refractivity contribution in [1.82, 2.24) is 19.6 Å². The molecule has 5 heterocycles. The topological polar surface area (TPSA) is 126 Å². The lowest BCUT2D eigenvalue weighted by Crippen LogP contribution is -2.52. The molecule has 4 aromatic rings. The molecule has 0 aromatic carbocycles. The van der Waals surface area contributed by atoms with Gasteiger partial charge < -0.3 is 20.5 Å². The number of aromatic nitrogens is 4. The van der Waals surface area contributed by atoms with Crippen molar-refractivity contribution in [2.45, 2.75) is 44.2 Å². The van der Waals surface area contributed by atoms with Crippen LogP contribution < -0.4 is 15.4 Å². The molecule has 0 spiro atoms. The third-order valence-corrected chi connectivity index (χ3v) is 6.72. The maximum absolute atomic E-state index is 10.1. The van der Waals surface area contributed by atoms with E-state index in [9.17, 15) is 10.4 Å². The highest BCUT2D eigenvalue weighted by atomic mass is 16.5. The van der Waals surface area contributed by atoms with Crippen molar-refractivity contribution in [1.29, 1.82) is 5.26 Å². The molecular formula is C28H31N7O2. The summed E-state index contributed by atoms with van der Waals surface area (Å²) in [5, 5.41) is 24.0. The molecule has 4 aromatic heterocycles. The van der Waals surface area contributed by atoms with Crippen LogP contribution in [0, 0.1) is 11.3 Å². The molecule has 0 radical (unpaired) electrons. The molecular weight excluding hydrogens is 466 g/mol. The second kappa shape index (κ2) is 9.81. The number of fused-ring (bicyclic) bond motifs is 1. The van der Waals surface area contributed by atoms with Gasteiger partial charge in [0, 0.05) is 48.3 Å². The van der Waals surface area contributed by atoms with Crippen LogP contribution in [0.3, 0.4) is 0 Å². The number of nitrogens with zero attached hydrogens (tertiary/aromatic N) is 6. The van der Waals surface area contributed by atoms with E-state index in [4.69, 9.17) is 15.5 Å². The number of nitrogens with two attached hydrogens (primary N) is 1. The van der Waals surface area contributed by atoms with Crippen LogP contribution in [0.1, 0.15) is 37.8 Å². The summed E-state index contributed by atoms with van der Waals surface area (Å²) in [6, 6.07) is 12.1. The zero-order chi connectivity index (χ0) is 26.0. The van der Waals surface area contributed by atoms with E-state index in [-0.39, 0.29) is 12.1 Å². The number of hydrogen-bond donors (Lipinski definition) is 2. The molecule has 1 aliphatic heterocycles. The first-order valence-corrected chi connectivity index (χ1v) is 12.4. The predicted molar refractivity (Wildman–Crippen MR) is 141 cm³/mol. The number of hydrogen-bond acceptors (Lipinski definition) is 8. The van der Waals surface area contributed by atoms with Gasteiger partial charge in [0.2, 0.25) is 0 Å². The van der Waals surface area contributed by atoms with Gasteiger partial charge >= 0.3 is 0 Å². The molecule has 1 saturated heterocycles. The van der Waals surface area contributed by atoms with Crippen LogP contribution in [-0.2, 0) is 6.42 Å². The minimum absolute atomic E-state index is 0.125. The van der Waals surface area contributed by atoms with Crippen LogP contribution in [0.25, 0.3) is 16.6 Å². The van der Waals surface area contributed by atoms with Crippen molar-refractivity contribution in [3.8, 4) is 22.9 Å². The number of pyridine rings is 3. The average molecular weight is 498 g/mol. The Morgan fingerprint density at radius 1 is 1.19 bits per heavy atom. The Labute approximate surface area is 216 Å². The molecule has 1 aliphatic rings. The molecule has 0 aliphatic carbocycles. The number of anilines is 1. The Bertz CT molecular complexity index is 1410. The van der Waals surface area contributed by atoms with Crippen LogP contribution in [0.5, 0.6) is 5.75 Å². The lowest BCUT2D eigenvalue weighted by atomic mass is 9.83. The minimum atomic E-state index is -0.978. The third kappa shape index (κ3) is 5.56. The number of rotatable bonds is 7. The number of ether oxygens (including phenoxy) is 1. The minimum Gasteiger partial charge on any atom is -0.489 e. The van der Waals surface area contributed by atoms with Gasteiger partial charge in [0.25, 0.3) is 0 Å². The Morgan fingerprint density at radius 3 is 2.65 bits per heavy atom. The summed E-state index contributed by atoms with van der Waals surface area (Å²) in [6.07, 6.45) is 11.3. The summed E-state index contributed by atoms with van der Waals surface area (Å²) in [5.41, 5.74) is 9.47. The fraction of sp³-hybridized carbons (Fsp3) is 0.357. The molecule has 0 saturated carbocycles. The van der Waals surface area contributed by atoms with Crippen molar-refractivity contribution in [3.05, 3.63) is 72.4 Å². The summed E-state index contributed by atoms with van der Waals surface area (Å²) < 4.78 is 7.46. The van der Waals surface area contributed by atoms with Gasteiger partial charge in [0.15, 0.2) is 0 Å². The molecule has 0 bridgehead atoms. The maximum Gasteiger partial charge on any atom is 0.138 e. The molecule has 1 fully saturated rings. The standard InChI is InChI=1S/C28H31N7O2/c1-27(2,36)19-37-23-12-24(26-22(14-29)17-33-35(26)18-23)21-5-6-25(32-16-21)34-10-7-28(30,8-11-34)13-20-4-3-9-31-15-20/h3-6,9,12,15-18,36H,7-8,10-11,13,19,30H2,1-2H3. The molecule has 0 amide bonds. The first-order chi connectivity index (χ1) is 17.7. The summed E-state index contributed by atoms with van der Waals surface area (Å²) in [5.74, 6) is 1.44. The van der Waals surface area contributed by atoms with Crippen molar-refractivity contribution in [2.24, 2.45) is 5.73 Å². The van der Waals surface area contributed by atoms with Gasteiger partial charge in [-0.1, -0.05) is 6.07 Å². The second-order valence-electron chi connectivity index (χ2n) is 10.4. The largest absolute Gasteiger partial charge is 0.489 e. The van der Waals surface area contributed by atoms with Gasteiger partial charge in [0.1, 0.15) is 24.2 Å². The quantitative estimate of drug-likeness (QED) is 0.398. The van der Waals surface area contributed by atoms with E-state index >= 15 is 0 Å². The molecule has 9 heteroatoms. The lowest BCUT2D eigenvalue weighted by molar-refractivity contribution is 0.0283. The van der Waals surface area contributed by atoms with Crippen LogP contribution in [0.15, 0.2) is 61.3 Å². The van der Waals surface area contributed by atoms with Crippen molar-refractivity contribution >= 4 is 11.3 Å². The normalized spacial score (nSPS) is 15.5. The monoisotopic (exact) mass is 497 g/mol. The van der Waals surface area contributed by atoms with Gasteiger partial charge in [-0.25, -0.2) is 9.50 Å². The lowest BCUT2D eigenvalue weighted by Gasteiger charge is -2.40. The smallest absolute Gasteiger partial charge is 0.138 e. The fourth-order valence-corrected chi connectivity index (χ4v) is 4.74. The van der Waals surface area contributed by atoms with Crippen molar-refractivity contribution < 1.29 is 9.84 Å². The zero-order valence-corrected chi connectivity index (χ0v) is 21.1. The summed E-state index contributed by atoms with van der Waals surface area (Å²) in [6.45, 7) is 5.15. The molecule has 190 valence electrons. The second-order valence-corrected chi connectivity index (χ2v) is 10.4. The molecule has 37 heavy (non-hydrogen) atoms. The molecule has 5 rings (SSSR count). The summed E-state index contributed by atoms with van der Waals surface area (Å²) >= 11 is 0. The predicted octanol–water partition coefficient (Wildman–Crippen LogP) is 3.35.